The summed E-state index contributed by atoms with van der Waals surface area (Å²) < 4.78 is 37.3. The van der Waals surface area contributed by atoms with Gasteiger partial charge in [0.2, 0.25) is 0 Å². The zero-order valence-electron chi connectivity index (χ0n) is 10.0. The lowest BCUT2D eigenvalue weighted by Gasteiger charge is -2.08. The molecule has 0 N–H and O–H groups in total. The number of alkyl halides is 3. The summed E-state index contributed by atoms with van der Waals surface area (Å²) in [6, 6.07) is 8.88. The van der Waals surface area contributed by atoms with E-state index in [0.717, 1.165) is 34.6 Å². The molecular weight excluding hydrogens is 239 g/mol. The van der Waals surface area contributed by atoms with Crippen LogP contribution in [0.4, 0.5) is 13.2 Å². The highest BCUT2D eigenvalue weighted by Gasteiger charge is 2.29. The van der Waals surface area contributed by atoms with E-state index < -0.39 is 11.7 Å². The number of aromatic nitrogens is 1. The number of hydrogen-bond donors (Lipinski definition) is 0. The van der Waals surface area contributed by atoms with Crippen LogP contribution in [0.2, 0.25) is 0 Å². The Kier molecular flexibility index (Phi) is 3.11. The van der Waals surface area contributed by atoms with Crippen molar-refractivity contribution in [1.29, 1.82) is 0 Å². The summed E-state index contributed by atoms with van der Waals surface area (Å²) in [5.41, 5.74) is 2.72. The molecule has 4 heteroatoms. The minimum atomic E-state index is -4.29. The Morgan fingerprint density at radius 1 is 0.833 bits per heavy atom. The second-order valence-electron chi connectivity index (χ2n) is 4.21. The fourth-order valence-electron chi connectivity index (χ4n) is 1.85. The van der Waals surface area contributed by atoms with Crippen LogP contribution >= 0.6 is 0 Å². The van der Waals surface area contributed by atoms with E-state index in [1.165, 1.54) is 12.1 Å². The van der Waals surface area contributed by atoms with Gasteiger partial charge in [0.15, 0.2) is 0 Å². The van der Waals surface area contributed by atoms with Crippen LogP contribution in [0.25, 0.3) is 11.1 Å². The maximum absolute atomic E-state index is 12.4. The number of halogens is 3. The third-order valence-corrected chi connectivity index (χ3v) is 2.63. The third-order valence-electron chi connectivity index (χ3n) is 2.63. The molecule has 0 fully saturated rings. The molecule has 0 bridgehead atoms. The molecule has 0 radical (unpaired) electrons. The Morgan fingerprint density at radius 3 is 1.78 bits per heavy atom. The number of pyridine rings is 1. The first-order chi connectivity index (χ1) is 8.36. The second kappa shape index (κ2) is 4.44. The minimum Gasteiger partial charge on any atom is -0.258 e. The number of rotatable bonds is 1. The average molecular weight is 251 g/mol. The molecule has 0 atom stereocenters. The van der Waals surface area contributed by atoms with Crippen LogP contribution in [-0.2, 0) is 6.18 Å². The molecule has 0 unspecified atom stereocenters. The molecule has 18 heavy (non-hydrogen) atoms. The van der Waals surface area contributed by atoms with E-state index in [-0.39, 0.29) is 0 Å². The van der Waals surface area contributed by atoms with Gasteiger partial charge in [-0.25, -0.2) is 0 Å². The maximum atomic E-state index is 12.4. The summed E-state index contributed by atoms with van der Waals surface area (Å²) in [5, 5.41) is 0. The normalized spacial score (nSPS) is 11.6. The summed E-state index contributed by atoms with van der Waals surface area (Å²) in [4.78, 5) is 4.24. The lowest BCUT2D eigenvalue weighted by molar-refractivity contribution is -0.137. The Labute approximate surface area is 103 Å². The first kappa shape index (κ1) is 12.6. The van der Waals surface area contributed by atoms with Crippen molar-refractivity contribution in [3.05, 3.63) is 53.3 Å². The summed E-state index contributed by atoms with van der Waals surface area (Å²) >= 11 is 0. The van der Waals surface area contributed by atoms with Gasteiger partial charge in [-0.1, -0.05) is 12.1 Å². The lowest BCUT2D eigenvalue weighted by atomic mass is 10.0. The largest absolute Gasteiger partial charge is 0.416 e. The Bertz CT molecular complexity index is 536. The molecular formula is C14H12F3N. The molecule has 0 spiro atoms. The van der Waals surface area contributed by atoms with Crippen molar-refractivity contribution in [3.8, 4) is 11.1 Å². The van der Waals surface area contributed by atoms with Crippen molar-refractivity contribution in [2.45, 2.75) is 20.0 Å². The van der Waals surface area contributed by atoms with Gasteiger partial charge >= 0.3 is 6.18 Å². The predicted octanol–water partition coefficient (Wildman–Crippen LogP) is 4.38. The van der Waals surface area contributed by atoms with Crippen molar-refractivity contribution in [3.63, 3.8) is 0 Å². The SMILES string of the molecule is Cc1cc(-c2ccc(C(F)(F)F)cc2)cc(C)n1. The van der Waals surface area contributed by atoms with Gasteiger partial charge in [-0.05, 0) is 49.2 Å². The fraction of sp³-hybridized carbons (Fsp3) is 0.214. The van der Waals surface area contributed by atoms with E-state index in [9.17, 15) is 13.2 Å². The molecule has 1 heterocycles. The Balaban J connectivity index is 2.40. The number of benzene rings is 1. The summed E-state index contributed by atoms with van der Waals surface area (Å²) in [6.07, 6.45) is -4.29. The molecule has 2 rings (SSSR count). The highest BCUT2D eigenvalue weighted by molar-refractivity contribution is 5.64. The molecule has 1 aromatic heterocycles. The van der Waals surface area contributed by atoms with Gasteiger partial charge in [0.25, 0.3) is 0 Å². The van der Waals surface area contributed by atoms with Gasteiger partial charge in [-0.2, -0.15) is 13.2 Å². The topological polar surface area (TPSA) is 12.9 Å². The van der Waals surface area contributed by atoms with Gasteiger partial charge in [-0.3, -0.25) is 4.98 Å². The van der Waals surface area contributed by atoms with Gasteiger partial charge in [0.05, 0.1) is 5.56 Å². The Morgan fingerprint density at radius 2 is 1.33 bits per heavy atom. The second-order valence-corrected chi connectivity index (χ2v) is 4.21. The van der Waals surface area contributed by atoms with E-state index in [0.29, 0.717) is 0 Å². The van der Waals surface area contributed by atoms with E-state index in [1.807, 2.05) is 26.0 Å². The molecule has 2 aromatic rings. The van der Waals surface area contributed by atoms with E-state index in [1.54, 1.807) is 0 Å². The van der Waals surface area contributed by atoms with Crippen molar-refractivity contribution in [1.82, 2.24) is 4.98 Å². The van der Waals surface area contributed by atoms with Gasteiger partial charge in [0, 0.05) is 11.4 Å². The van der Waals surface area contributed by atoms with Crippen molar-refractivity contribution in [2.75, 3.05) is 0 Å². The summed E-state index contributed by atoms with van der Waals surface area (Å²) in [7, 11) is 0. The van der Waals surface area contributed by atoms with Crippen LogP contribution in [0, 0.1) is 13.8 Å². The molecule has 0 aliphatic rings. The lowest BCUT2D eigenvalue weighted by Crippen LogP contribution is -2.04. The van der Waals surface area contributed by atoms with E-state index >= 15 is 0 Å². The van der Waals surface area contributed by atoms with Crippen LogP contribution in [-0.4, -0.2) is 4.98 Å². The molecule has 1 nitrogen and oxygen atoms in total. The smallest absolute Gasteiger partial charge is 0.258 e. The molecule has 0 saturated carbocycles. The van der Waals surface area contributed by atoms with Crippen LogP contribution in [0.5, 0.6) is 0 Å². The first-order valence-corrected chi connectivity index (χ1v) is 5.49. The number of nitrogens with zero attached hydrogens (tertiary/aromatic N) is 1. The molecule has 1 aromatic carbocycles. The third kappa shape index (κ3) is 2.70. The standard InChI is InChI=1S/C14H12F3N/c1-9-7-12(8-10(2)18-9)11-3-5-13(6-4-11)14(15,16)17/h3-8H,1-2H3. The summed E-state index contributed by atoms with van der Waals surface area (Å²) in [6.45, 7) is 3.72. The molecule has 0 aliphatic heterocycles. The van der Waals surface area contributed by atoms with Gasteiger partial charge < -0.3 is 0 Å². The van der Waals surface area contributed by atoms with E-state index in [2.05, 4.69) is 4.98 Å². The van der Waals surface area contributed by atoms with Crippen LogP contribution in [0.3, 0.4) is 0 Å². The monoisotopic (exact) mass is 251 g/mol. The molecule has 0 saturated heterocycles. The van der Waals surface area contributed by atoms with Crippen LogP contribution in [0.1, 0.15) is 17.0 Å². The molecule has 94 valence electrons. The zero-order chi connectivity index (χ0) is 13.3. The van der Waals surface area contributed by atoms with Crippen molar-refractivity contribution >= 4 is 0 Å². The predicted molar refractivity (Wildman–Crippen MR) is 64.1 cm³/mol. The first-order valence-electron chi connectivity index (χ1n) is 5.49. The van der Waals surface area contributed by atoms with Gasteiger partial charge in [-0.15, -0.1) is 0 Å². The zero-order valence-corrected chi connectivity index (χ0v) is 10.0. The summed E-state index contributed by atoms with van der Waals surface area (Å²) in [5.74, 6) is 0. The average Bonchev–Trinajstić information content (AvgIpc) is 2.27. The Hall–Kier alpha value is -1.84. The maximum Gasteiger partial charge on any atom is 0.416 e. The van der Waals surface area contributed by atoms with Crippen molar-refractivity contribution < 1.29 is 13.2 Å². The van der Waals surface area contributed by atoms with Crippen LogP contribution in [0.15, 0.2) is 36.4 Å². The molecule has 0 aliphatic carbocycles. The van der Waals surface area contributed by atoms with Crippen molar-refractivity contribution in [2.24, 2.45) is 0 Å². The van der Waals surface area contributed by atoms with E-state index in [4.69, 9.17) is 0 Å². The fourth-order valence-corrected chi connectivity index (χ4v) is 1.85. The number of hydrogen-bond acceptors (Lipinski definition) is 1. The van der Waals surface area contributed by atoms with Gasteiger partial charge in [0.1, 0.15) is 0 Å². The highest BCUT2D eigenvalue weighted by atomic mass is 19.4. The highest BCUT2D eigenvalue weighted by Crippen LogP contribution is 2.31. The molecule has 0 amide bonds. The minimum absolute atomic E-state index is 0.631. The number of aryl methyl sites for hydroxylation is 2. The van der Waals surface area contributed by atoms with Crippen LogP contribution < -0.4 is 0 Å². The quantitative estimate of drug-likeness (QED) is 0.732.